The van der Waals surface area contributed by atoms with Crippen molar-refractivity contribution < 1.29 is 24.4 Å². The first kappa shape index (κ1) is 16.4. The van der Waals surface area contributed by atoms with Gasteiger partial charge in [-0.25, -0.2) is 4.79 Å². The van der Waals surface area contributed by atoms with Crippen LogP contribution in [-0.2, 0) is 14.3 Å². The highest BCUT2D eigenvalue weighted by Crippen LogP contribution is 2.24. The normalized spacial score (nSPS) is 14.2. The molecule has 2 N–H and O–H groups in total. The van der Waals surface area contributed by atoms with Gasteiger partial charge in [-0.05, 0) is 6.07 Å². The minimum Gasteiger partial charge on any atom is -0.466 e. The molecule has 1 aliphatic heterocycles. The zero-order valence-electron chi connectivity index (χ0n) is 12.3. The molecule has 23 heavy (non-hydrogen) atoms. The second kappa shape index (κ2) is 6.88. The molecule has 1 aromatic rings. The van der Waals surface area contributed by atoms with Gasteiger partial charge in [0.25, 0.3) is 11.6 Å². The Bertz CT molecular complexity index is 685. The van der Waals surface area contributed by atoms with Crippen molar-refractivity contribution in [3.05, 3.63) is 45.6 Å². The molecular formula is C14H15N3O6. The largest absolute Gasteiger partial charge is 0.466 e. The Morgan fingerprint density at radius 1 is 1.52 bits per heavy atom. The smallest absolute Gasteiger partial charge is 0.337 e. The summed E-state index contributed by atoms with van der Waals surface area (Å²) in [6.07, 6.45) is 0. The van der Waals surface area contributed by atoms with Gasteiger partial charge in [0.2, 0.25) is 0 Å². The lowest BCUT2D eigenvalue weighted by Crippen LogP contribution is -2.31. The van der Waals surface area contributed by atoms with E-state index >= 15 is 0 Å². The van der Waals surface area contributed by atoms with E-state index in [4.69, 9.17) is 5.11 Å². The molecule has 0 unspecified atom stereocenters. The second-order valence-corrected chi connectivity index (χ2v) is 4.73. The molecule has 0 saturated heterocycles. The van der Waals surface area contributed by atoms with Crippen molar-refractivity contribution >= 4 is 23.3 Å². The molecule has 0 bridgehead atoms. The molecule has 0 aromatic heterocycles. The number of nitro benzene ring substituents is 1. The van der Waals surface area contributed by atoms with Gasteiger partial charge in [0.15, 0.2) is 0 Å². The van der Waals surface area contributed by atoms with Crippen molar-refractivity contribution in [2.45, 2.75) is 0 Å². The van der Waals surface area contributed by atoms with Gasteiger partial charge < -0.3 is 20.1 Å². The van der Waals surface area contributed by atoms with Crippen LogP contribution in [0, 0.1) is 10.1 Å². The van der Waals surface area contributed by atoms with Gasteiger partial charge in [-0.1, -0.05) is 6.07 Å². The Balaban J connectivity index is 2.33. The van der Waals surface area contributed by atoms with Crippen molar-refractivity contribution in [3.63, 3.8) is 0 Å². The molecule has 1 aliphatic rings. The van der Waals surface area contributed by atoms with E-state index in [9.17, 15) is 19.7 Å². The van der Waals surface area contributed by atoms with Crippen molar-refractivity contribution in [2.75, 3.05) is 32.1 Å². The summed E-state index contributed by atoms with van der Waals surface area (Å²) >= 11 is 0. The molecule has 0 radical (unpaired) electrons. The lowest BCUT2D eigenvalue weighted by Gasteiger charge is -2.14. The van der Waals surface area contributed by atoms with Crippen molar-refractivity contribution in [3.8, 4) is 0 Å². The van der Waals surface area contributed by atoms with E-state index in [1.165, 1.54) is 36.3 Å². The van der Waals surface area contributed by atoms with Crippen molar-refractivity contribution in [1.29, 1.82) is 0 Å². The van der Waals surface area contributed by atoms with Crippen LogP contribution in [0.4, 0.5) is 11.4 Å². The van der Waals surface area contributed by atoms with Crippen LogP contribution < -0.4 is 5.32 Å². The summed E-state index contributed by atoms with van der Waals surface area (Å²) in [5.74, 6) is -1.15. The van der Waals surface area contributed by atoms with Crippen LogP contribution in [-0.4, -0.2) is 53.6 Å². The quantitative estimate of drug-likeness (QED) is 0.438. The maximum absolute atomic E-state index is 12.3. The third kappa shape index (κ3) is 3.46. The average Bonchev–Trinajstić information content (AvgIpc) is 2.84. The number of aliphatic hydroxyl groups excluding tert-OH is 1. The van der Waals surface area contributed by atoms with Crippen LogP contribution in [0.3, 0.4) is 0 Å². The van der Waals surface area contributed by atoms with Crippen LogP contribution in [0.5, 0.6) is 0 Å². The van der Waals surface area contributed by atoms with E-state index in [1.54, 1.807) is 0 Å². The number of esters is 1. The number of anilines is 1. The molecular weight excluding hydrogens is 306 g/mol. The number of hydrogen-bond acceptors (Lipinski definition) is 7. The first-order valence-electron chi connectivity index (χ1n) is 6.71. The Morgan fingerprint density at radius 2 is 2.26 bits per heavy atom. The molecule has 1 amide bonds. The van der Waals surface area contributed by atoms with Crippen LogP contribution in [0.25, 0.3) is 0 Å². The fourth-order valence-corrected chi connectivity index (χ4v) is 2.19. The number of nitro groups is 1. The van der Waals surface area contributed by atoms with Gasteiger partial charge >= 0.3 is 5.97 Å². The highest BCUT2D eigenvalue weighted by atomic mass is 16.6. The molecule has 0 atom stereocenters. The standard InChI is InChI=1S/C14H15N3O6/c1-23-14(20)11-8-16(5-6-18)13(19)12(11)15-9-3-2-4-10(7-9)17(21)22/h2-4,7,15,18H,5-6,8H2,1H3. The molecule has 0 fully saturated rings. The van der Waals surface area contributed by atoms with E-state index < -0.39 is 16.8 Å². The van der Waals surface area contributed by atoms with Crippen LogP contribution >= 0.6 is 0 Å². The molecule has 122 valence electrons. The average molecular weight is 321 g/mol. The topological polar surface area (TPSA) is 122 Å². The van der Waals surface area contributed by atoms with Crippen molar-refractivity contribution in [1.82, 2.24) is 4.90 Å². The summed E-state index contributed by atoms with van der Waals surface area (Å²) in [5.41, 5.74) is 0.255. The van der Waals surface area contributed by atoms with Crippen LogP contribution in [0.2, 0.25) is 0 Å². The minimum atomic E-state index is -0.674. The number of β-amino-alcohol motifs (C(OH)–C–C–N with tert-alkyl or cyclic N) is 1. The Hall–Kier alpha value is -2.94. The summed E-state index contributed by atoms with van der Waals surface area (Å²) in [5, 5.41) is 22.5. The van der Waals surface area contributed by atoms with Gasteiger partial charge in [0.1, 0.15) is 5.70 Å². The highest BCUT2D eigenvalue weighted by Gasteiger charge is 2.34. The molecule has 9 heteroatoms. The zero-order chi connectivity index (χ0) is 17.0. The maximum Gasteiger partial charge on any atom is 0.337 e. The van der Waals surface area contributed by atoms with E-state index in [0.29, 0.717) is 5.69 Å². The molecule has 1 heterocycles. The molecule has 0 saturated carbocycles. The summed E-state index contributed by atoms with van der Waals surface area (Å²) < 4.78 is 4.65. The number of ether oxygens (including phenoxy) is 1. The summed E-state index contributed by atoms with van der Waals surface area (Å²) in [6.45, 7) is -0.174. The number of methoxy groups -OCH3 is 1. The van der Waals surface area contributed by atoms with E-state index in [0.717, 1.165) is 0 Å². The third-order valence-electron chi connectivity index (χ3n) is 3.28. The fraction of sp³-hybridized carbons (Fsp3) is 0.286. The first-order chi connectivity index (χ1) is 11.0. The fourth-order valence-electron chi connectivity index (χ4n) is 2.19. The molecule has 0 aliphatic carbocycles. The Morgan fingerprint density at radius 3 is 2.87 bits per heavy atom. The highest BCUT2D eigenvalue weighted by molar-refractivity contribution is 6.08. The predicted molar refractivity (Wildman–Crippen MR) is 79.4 cm³/mol. The van der Waals surface area contributed by atoms with Gasteiger partial charge in [0.05, 0.1) is 30.8 Å². The number of rotatable bonds is 6. The lowest BCUT2D eigenvalue weighted by atomic mass is 10.2. The van der Waals surface area contributed by atoms with Gasteiger partial charge in [0, 0.05) is 24.4 Å². The van der Waals surface area contributed by atoms with Gasteiger partial charge in [-0.2, -0.15) is 0 Å². The lowest BCUT2D eigenvalue weighted by molar-refractivity contribution is -0.384. The number of amides is 1. The van der Waals surface area contributed by atoms with Crippen LogP contribution in [0.1, 0.15) is 0 Å². The van der Waals surface area contributed by atoms with Crippen molar-refractivity contribution in [2.24, 2.45) is 0 Å². The molecule has 9 nitrogen and oxygen atoms in total. The maximum atomic E-state index is 12.3. The number of carbonyl (C=O) groups excluding carboxylic acids is 2. The Labute approximate surface area is 131 Å². The number of nitrogens with zero attached hydrogens (tertiary/aromatic N) is 2. The number of nitrogens with one attached hydrogen (secondary N) is 1. The third-order valence-corrected chi connectivity index (χ3v) is 3.28. The zero-order valence-corrected chi connectivity index (χ0v) is 12.3. The summed E-state index contributed by atoms with van der Waals surface area (Å²) in [4.78, 5) is 35.6. The van der Waals surface area contributed by atoms with Crippen LogP contribution in [0.15, 0.2) is 35.5 Å². The Kier molecular flexibility index (Phi) is 4.91. The molecule has 0 spiro atoms. The monoisotopic (exact) mass is 321 g/mol. The SMILES string of the molecule is COC(=O)C1=C(Nc2cccc([N+](=O)[O-])c2)C(=O)N(CCO)C1. The minimum absolute atomic E-state index is 0.00330. The summed E-state index contributed by atoms with van der Waals surface area (Å²) in [7, 11) is 1.19. The number of non-ortho nitro benzene ring substituents is 1. The molecule has 1 aromatic carbocycles. The van der Waals surface area contributed by atoms with Gasteiger partial charge in [-0.15, -0.1) is 0 Å². The number of hydrogen-bond donors (Lipinski definition) is 2. The van der Waals surface area contributed by atoms with E-state index in [2.05, 4.69) is 10.1 Å². The van der Waals surface area contributed by atoms with E-state index in [-0.39, 0.29) is 36.7 Å². The van der Waals surface area contributed by atoms with E-state index in [1.807, 2.05) is 0 Å². The number of aliphatic hydroxyl groups is 1. The predicted octanol–water partition coefficient (Wildman–Crippen LogP) is 0.268. The first-order valence-corrected chi connectivity index (χ1v) is 6.71. The molecule has 2 rings (SSSR count). The number of benzene rings is 1. The number of carbonyl (C=O) groups is 2. The summed E-state index contributed by atoms with van der Waals surface area (Å²) in [6, 6.07) is 5.57. The van der Waals surface area contributed by atoms with Gasteiger partial charge in [-0.3, -0.25) is 14.9 Å². The second-order valence-electron chi connectivity index (χ2n) is 4.73.